The van der Waals surface area contributed by atoms with E-state index in [1.807, 2.05) is 19.1 Å². The van der Waals surface area contributed by atoms with E-state index in [0.717, 1.165) is 31.7 Å². The normalized spacial score (nSPS) is 15.8. The molecule has 0 aromatic heterocycles. The van der Waals surface area contributed by atoms with Crippen LogP contribution in [-0.2, 0) is 4.79 Å². The molecule has 1 saturated heterocycles. The number of nitrogens with zero attached hydrogens (tertiary/aromatic N) is 2. The van der Waals surface area contributed by atoms with E-state index in [4.69, 9.17) is 5.26 Å². The molecule has 0 bridgehead atoms. The third-order valence-corrected chi connectivity index (χ3v) is 3.24. The molecular weight excluding hydrogens is 240 g/mol. The maximum absolute atomic E-state index is 12.0. The van der Waals surface area contributed by atoms with E-state index < -0.39 is 0 Å². The maximum atomic E-state index is 12.0. The minimum absolute atomic E-state index is 0.0657. The smallest absolute Gasteiger partial charge is 0.238 e. The van der Waals surface area contributed by atoms with E-state index in [2.05, 4.69) is 21.6 Å². The summed E-state index contributed by atoms with van der Waals surface area (Å²) in [6, 6.07) is 7.61. The molecule has 1 heterocycles. The topological polar surface area (TPSA) is 68.2 Å². The highest BCUT2D eigenvalue weighted by Crippen LogP contribution is 2.18. The monoisotopic (exact) mass is 258 g/mol. The summed E-state index contributed by atoms with van der Waals surface area (Å²) >= 11 is 0. The number of hydrogen-bond acceptors (Lipinski definition) is 4. The number of hydrogen-bond donors (Lipinski definition) is 2. The van der Waals surface area contributed by atoms with Crippen LogP contribution in [0.5, 0.6) is 0 Å². The van der Waals surface area contributed by atoms with Gasteiger partial charge in [0.1, 0.15) is 6.07 Å². The van der Waals surface area contributed by atoms with Gasteiger partial charge >= 0.3 is 0 Å². The van der Waals surface area contributed by atoms with Crippen molar-refractivity contribution >= 4 is 11.6 Å². The van der Waals surface area contributed by atoms with Crippen LogP contribution in [0.4, 0.5) is 5.69 Å². The fourth-order valence-corrected chi connectivity index (χ4v) is 2.18. The summed E-state index contributed by atoms with van der Waals surface area (Å²) in [5.74, 6) is -0.0657. The van der Waals surface area contributed by atoms with Crippen LogP contribution in [0.15, 0.2) is 18.2 Å². The fraction of sp³-hybridized carbons (Fsp3) is 0.429. The lowest BCUT2D eigenvalue weighted by molar-refractivity contribution is -0.117. The molecule has 0 saturated carbocycles. The first-order valence-corrected chi connectivity index (χ1v) is 6.43. The number of nitrogens with one attached hydrogen (secondary N) is 2. The lowest BCUT2D eigenvalue weighted by Crippen LogP contribution is -2.46. The number of carbonyl (C=O) groups excluding carboxylic acids is 1. The quantitative estimate of drug-likeness (QED) is 0.838. The van der Waals surface area contributed by atoms with Crippen LogP contribution >= 0.6 is 0 Å². The fourth-order valence-electron chi connectivity index (χ4n) is 2.18. The zero-order chi connectivity index (χ0) is 13.7. The van der Waals surface area contributed by atoms with Crippen molar-refractivity contribution in [3.8, 4) is 6.07 Å². The molecule has 0 radical (unpaired) electrons. The summed E-state index contributed by atoms with van der Waals surface area (Å²) < 4.78 is 0. The summed E-state index contributed by atoms with van der Waals surface area (Å²) in [6.07, 6.45) is 0. The number of anilines is 1. The van der Waals surface area contributed by atoms with Crippen molar-refractivity contribution in [1.29, 1.82) is 5.26 Å². The third kappa shape index (κ3) is 3.53. The van der Waals surface area contributed by atoms with Crippen LogP contribution in [-0.4, -0.2) is 43.5 Å². The highest BCUT2D eigenvalue weighted by Gasteiger charge is 2.14. The summed E-state index contributed by atoms with van der Waals surface area (Å²) in [5.41, 5.74) is 2.02. The molecule has 2 rings (SSSR count). The Morgan fingerprint density at radius 1 is 1.47 bits per heavy atom. The van der Waals surface area contributed by atoms with Gasteiger partial charge in [-0.25, -0.2) is 0 Å². The molecule has 1 aliphatic rings. The van der Waals surface area contributed by atoms with Crippen molar-refractivity contribution in [1.82, 2.24) is 10.2 Å². The Hall–Kier alpha value is -1.90. The van der Waals surface area contributed by atoms with Gasteiger partial charge in [-0.2, -0.15) is 5.26 Å². The summed E-state index contributed by atoms with van der Waals surface area (Å²) in [6.45, 7) is 5.84. The average molecular weight is 258 g/mol. The van der Waals surface area contributed by atoms with Crippen LogP contribution in [0.25, 0.3) is 0 Å². The van der Waals surface area contributed by atoms with Gasteiger partial charge in [0.25, 0.3) is 0 Å². The Morgan fingerprint density at radius 2 is 2.21 bits per heavy atom. The molecule has 1 aromatic rings. The molecule has 1 aromatic carbocycles. The lowest BCUT2D eigenvalue weighted by Gasteiger charge is -2.26. The van der Waals surface area contributed by atoms with Gasteiger partial charge in [0, 0.05) is 26.2 Å². The second-order valence-corrected chi connectivity index (χ2v) is 4.68. The zero-order valence-electron chi connectivity index (χ0n) is 11.1. The second-order valence-electron chi connectivity index (χ2n) is 4.68. The van der Waals surface area contributed by atoms with Crippen molar-refractivity contribution in [2.24, 2.45) is 0 Å². The largest absolute Gasteiger partial charge is 0.324 e. The summed E-state index contributed by atoms with van der Waals surface area (Å²) in [7, 11) is 0. The first-order chi connectivity index (χ1) is 9.20. The Balaban J connectivity index is 1.99. The molecule has 100 valence electrons. The standard InChI is InChI=1S/C14H18N4O/c1-11-3-2-4-13(12(11)9-15)17-14(19)10-18-7-5-16-6-8-18/h2-4,16H,5-8,10H2,1H3,(H,17,19). The van der Waals surface area contributed by atoms with Gasteiger partial charge in [0.2, 0.25) is 5.91 Å². The van der Waals surface area contributed by atoms with Crippen LogP contribution < -0.4 is 10.6 Å². The predicted molar refractivity (Wildman–Crippen MR) is 73.8 cm³/mol. The van der Waals surface area contributed by atoms with E-state index in [0.29, 0.717) is 17.8 Å². The van der Waals surface area contributed by atoms with Gasteiger partial charge in [-0.15, -0.1) is 0 Å². The van der Waals surface area contributed by atoms with Crippen molar-refractivity contribution < 1.29 is 4.79 Å². The first kappa shape index (κ1) is 13.5. The van der Waals surface area contributed by atoms with Gasteiger partial charge in [-0.3, -0.25) is 9.69 Å². The Morgan fingerprint density at radius 3 is 2.89 bits per heavy atom. The number of amides is 1. The second kappa shape index (κ2) is 6.32. The SMILES string of the molecule is Cc1cccc(NC(=O)CN2CCNCC2)c1C#N. The maximum Gasteiger partial charge on any atom is 0.238 e. The summed E-state index contributed by atoms with van der Waals surface area (Å²) in [5, 5.41) is 15.2. The molecule has 1 aliphatic heterocycles. The van der Waals surface area contributed by atoms with Crippen molar-refractivity contribution in [2.75, 3.05) is 38.0 Å². The summed E-state index contributed by atoms with van der Waals surface area (Å²) in [4.78, 5) is 14.1. The number of benzene rings is 1. The van der Waals surface area contributed by atoms with Gasteiger partial charge < -0.3 is 10.6 Å². The van der Waals surface area contributed by atoms with Crippen LogP contribution in [0.3, 0.4) is 0 Å². The molecule has 19 heavy (non-hydrogen) atoms. The van der Waals surface area contributed by atoms with Crippen LogP contribution in [0.2, 0.25) is 0 Å². The number of aryl methyl sites for hydroxylation is 1. The number of rotatable bonds is 3. The predicted octanol–water partition coefficient (Wildman–Crippen LogP) is 0.710. The van der Waals surface area contributed by atoms with Crippen molar-refractivity contribution in [2.45, 2.75) is 6.92 Å². The Kier molecular flexibility index (Phi) is 4.50. The number of carbonyl (C=O) groups is 1. The zero-order valence-corrected chi connectivity index (χ0v) is 11.1. The molecule has 5 nitrogen and oxygen atoms in total. The molecule has 0 unspecified atom stereocenters. The first-order valence-electron chi connectivity index (χ1n) is 6.43. The molecule has 0 spiro atoms. The lowest BCUT2D eigenvalue weighted by atomic mass is 10.1. The Labute approximate surface area is 113 Å². The van der Waals surface area contributed by atoms with Gasteiger partial charge in [0.15, 0.2) is 0 Å². The molecule has 1 fully saturated rings. The number of nitriles is 1. The van der Waals surface area contributed by atoms with E-state index >= 15 is 0 Å². The van der Waals surface area contributed by atoms with E-state index in [-0.39, 0.29) is 5.91 Å². The molecule has 0 aliphatic carbocycles. The van der Waals surface area contributed by atoms with Gasteiger partial charge in [-0.1, -0.05) is 12.1 Å². The highest BCUT2D eigenvalue weighted by atomic mass is 16.2. The molecule has 1 amide bonds. The van der Waals surface area contributed by atoms with Crippen molar-refractivity contribution in [3.05, 3.63) is 29.3 Å². The van der Waals surface area contributed by atoms with Crippen molar-refractivity contribution in [3.63, 3.8) is 0 Å². The van der Waals surface area contributed by atoms with Crippen LogP contribution in [0, 0.1) is 18.3 Å². The van der Waals surface area contributed by atoms with E-state index in [1.165, 1.54) is 0 Å². The van der Waals surface area contributed by atoms with E-state index in [1.54, 1.807) is 6.07 Å². The third-order valence-electron chi connectivity index (χ3n) is 3.24. The molecule has 0 atom stereocenters. The molecule has 2 N–H and O–H groups in total. The minimum atomic E-state index is -0.0657. The van der Waals surface area contributed by atoms with Gasteiger partial charge in [0.05, 0.1) is 17.8 Å². The Bertz CT molecular complexity index is 501. The molecular formula is C14H18N4O. The average Bonchev–Trinajstić information content (AvgIpc) is 2.40. The minimum Gasteiger partial charge on any atom is -0.324 e. The number of piperazine rings is 1. The van der Waals surface area contributed by atoms with Crippen LogP contribution in [0.1, 0.15) is 11.1 Å². The van der Waals surface area contributed by atoms with E-state index in [9.17, 15) is 4.79 Å². The highest BCUT2D eigenvalue weighted by molar-refractivity contribution is 5.93. The molecule has 5 heteroatoms. The van der Waals surface area contributed by atoms with Gasteiger partial charge in [-0.05, 0) is 18.6 Å².